The number of amides is 1. The van der Waals surface area contributed by atoms with Crippen LogP contribution in [0.2, 0.25) is 0 Å². The monoisotopic (exact) mass is 361 g/mol. The van der Waals surface area contributed by atoms with Crippen LogP contribution in [0.15, 0.2) is 0 Å². The maximum absolute atomic E-state index is 13.2. The van der Waals surface area contributed by atoms with Crippen molar-refractivity contribution in [2.45, 2.75) is 71.2 Å². The van der Waals surface area contributed by atoms with Crippen LogP contribution in [0, 0.1) is 0 Å². The number of ether oxygens (including phenoxy) is 1. The van der Waals surface area contributed by atoms with E-state index in [9.17, 15) is 18.0 Å². The number of nitrogens with one attached hydrogen (secondary N) is 1. The van der Waals surface area contributed by atoms with Gasteiger partial charge in [0.1, 0.15) is 6.54 Å². The molecule has 8 heteroatoms. The SMILES string of the molecule is CC(C)OCCCNC(=O)Cn1nc(C(F)(F)F)c2c1CCCCC2. The molecule has 1 N–H and O–H groups in total. The van der Waals surface area contributed by atoms with E-state index in [0.29, 0.717) is 38.1 Å². The number of nitrogens with zero attached hydrogens (tertiary/aromatic N) is 2. The summed E-state index contributed by atoms with van der Waals surface area (Å²) in [6.07, 6.45) is -0.330. The van der Waals surface area contributed by atoms with Crippen molar-refractivity contribution in [3.8, 4) is 0 Å². The molecule has 142 valence electrons. The second kappa shape index (κ2) is 8.69. The Kier molecular flexibility index (Phi) is 6.87. The number of rotatable bonds is 7. The van der Waals surface area contributed by atoms with Crippen LogP contribution in [0.5, 0.6) is 0 Å². The molecule has 1 heterocycles. The Bertz CT molecular complexity index is 582. The van der Waals surface area contributed by atoms with E-state index in [-0.39, 0.29) is 24.1 Å². The van der Waals surface area contributed by atoms with Crippen molar-refractivity contribution in [2.24, 2.45) is 0 Å². The van der Waals surface area contributed by atoms with Gasteiger partial charge in [0.15, 0.2) is 5.69 Å². The van der Waals surface area contributed by atoms with E-state index in [1.165, 1.54) is 4.68 Å². The minimum Gasteiger partial charge on any atom is -0.379 e. The first-order valence-electron chi connectivity index (χ1n) is 8.83. The number of hydrogen-bond acceptors (Lipinski definition) is 3. The molecular formula is C17H26F3N3O2. The molecule has 0 radical (unpaired) electrons. The quantitative estimate of drug-likeness (QED) is 0.600. The number of fused-ring (bicyclic) bond motifs is 1. The fraction of sp³-hybridized carbons (Fsp3) is 0.765. The standard InChI is InChI=1S/C17H26F3N3O2/c1-12(2)25-10-6-9-21-15(24)11-23-14-8-5-3-4-7-13(14)16(22-23)17(18,19)20/h12H,3-11H2,1-2H3,(H,21,24). The highest BCUT2D eigenvalue weighted by Crippen LogP contribution is 2.35. The number of alkyl halides is 3. The zero-order chi connectivity index (χ0) is 18.4. The Labute approximate surface area is 145 Å². The maximum atomic E-state index is 13.2. The lowest BCUT2D eigenvalue weighted by Gasteiger charge is -2.10. The van der Waals surface area contributed by atoms with Crippen molar-refractivity contribution >= 4 is 5.91 Å². The Balaban J connectivity index is 1.99. The minimum atomic E-state index is -4.48. The topological polar surface area (TPSA) is 56.1 Å². The number of aromatic nitrogens is 2. The van der Waals surface area contributed by atoms with E-state index in [1.807, 2.05) is 13.8 Å². The van der Waals surface area contributed by atoms with Crippen molar-refractivity contribution in [2.75, 3.05) is 13.2 Å². The first-order valence-corrected chi connectivity index (χ1v) is 8.83. The highest BCUT2D eigenvalue weighted by atomic mass is 19.4. The number of carbonyl (C=O) groups is 1. The fourth-order valence-corrected chi connectivity index (χ4v) is 3.02. The molecule has 0 saturated heterocycles. The van der Waals surface area contributed by atoms with Gasteiger partial charge in [-0.15, -0.1) is 0 Å². The molecule has 0 unspecified atom stereocenters. The first-order chi connectivity index (χ1) is 11.8. The number of carbonyl (C=O) groups excluding carboxylic acids is 1. The third kappa shape index (κ3) is 5.73. The van der Waals surface area contributed by atoms with Gasteiger partial charge in [0.05, 0.1) is 6.10 Å². The molecule has 0 atom stereocenters. The average Bonchev–Trinajstić information content (AvgIpc) is 2.69. The molecule has 0 spiro atoms. The predicted octanol–water partition coefficient (Wildman–Crippen LogP) is 3.10. The van der Waals surface area contributed by atoms with Crippen LogP contribution < -0.4 is 5.32 Å². The van der Waals surface area contributed by atoms with Crippen molar-refractivity contribution in [3.05, 3.63) is 17.0 Å². The summed E-state index contributed by atoms with van der Waals surface area (Å²) < 4.78 is 46.3. The van der Waals surface area contributed by atoms with E-state index in [4.69, 9.17) is 4.74 Å². The zero-order valence-electron chi connectivity index (χ0n) is 14.8. The van der Waals surface area contributed by atoms with Gasteiger partial charge in [-0.2, -0.15) is 18.3 Å². The normalized spacial score (nSPS) is 15.1. The molecule has 1 aliphatic carbocycles. The van der Waals surface area contributed by atoms with E-state index in [1.54, 1.807) is 0 Å². The molecule has 1 aliphatic rings. The summed E-state index contributed by atoms with van der Waals surface area (Å²) in [4.78, 5) is 12.0. The van der Waals surface area contributed by atoms with Crippen LogP contribution in [0.3, 0.4) is 0 Å². The van der Waals surface area contributed by atoms with E-state index >= 15 is 0 Å². The second-order valence-corrected chi connectivity index (χ2v) is 6.61. The van der Waals surface area contributed by atoms with Gasteiger partial charge in [-0.25, -0.2) is 0 Å². The van der Waals surface area contributed by atoms with Crippen LogP contribution in [-0.2, 0) is 35.1 Å². The fourth-order valence-electron chi connectivity index (χ4n) is 3.02. The summed E-state index contributed by atoms with van der Waals surface area (Å²) >= 11 is 0. The van der Waals surface area contributed by atoms with Crippen molar-refractivity contribution in [1.29, 1.82) is 0 Å². The van der Waals surface area contributed by atoms with Crippen LogP contribution in [0.1, 0.15) is 56.5 Å². The van der Waals surface area contributed by atoms with Gasteiger partial charge in [-0.1, -0.05) is 6.42 Å². The summed E-state index contributed by atoms with van der Waals surface area (Å²) in [7, 11) is 0. The van der Waals surface area contributed by atoms with E-state index < -0.39 is 11.9 Å². The molecule has 1 aromatic rings. The van der Waals surface area contributed by atoms with Crippen LogP contribution >= 0.6 is 0 Å². The lowest BCUT2D eigenvalue weighted by molar-refractivity contribution is -0.142. The van der Waals surface area contributed by atoms with Crippen molar-refractivity contribution < 1.29 is 22.7 Å². The van der Waals surface area contributed by atoms with Crippen LogP contribution in [0.25, 0.3) is 0 Å². The smallest absolute Gasteiger partial charge is 0.379 e. The Morgan fingerprint density at radius 3 is 2.68 bits per heavy atom. The molecule has 1 aromatic heterocycles. The largest absolute Gasteiger partial charge is 0.435 e. The molecule has 5 nitrogen and oxygen atoms in total. The highest BCUT2D eigenvalue weighted by Gasteiger charge is 2.39. The van der Waals surface area contributed by atoms with Gasteiger partial charge >= 0.3 is 6.18 Å². The molecular weight excluding hydrogens is 335 g/mol. The number of halogens is 3. The van der Waals surface area contributed by atoms with Gasteiger partial charge in [-0.3, -0.25) is 9.48 Å². The summed E-state index contributed by atoms with van der Waals surface area (Å²) in [5, 5.41) is 6.43. The third-order valence-corrected chi connectivity index (χ3v) is 4.16. The molecule has 0 aromatic carbocycles. The highest BCUT2D eigenvalue weighted by molar-refractivity contribution is 5.75. The lowest BCUT2D eigenvalue weighted by Crippen LogP contribution is -2.30. The molecule has 0 bridgehead atoms. The van der Waals surface area contributed by atoms with Gasteiger partial charge in [0, 0.05) is 24.4 Å². The molecule has 2 rings (SSSR count). The van der Waals surface area contributed by atoms with Gasteiger partial charge < -0.3 is 10.1 Å². The summed E-state index contributed by atoms with van der Waals surface area (Å²) in [6.45, 7) is 4.65. The van der Waals surface area contributed by atoms with Gasteiger partial charge in [0.2, 0.25) is 5.91 Å². The maximum Gasteiger partial charge on any atom is 0.435 e. The Morgan fingerprint density at radius 2 is 2.00 bits per heavy atom. The summed E-state index contributed by atoms with van der Waals surface area (Å²) in [6, 6.07) is 0. The molecule has 1 amide bonds. The first kappa shape index (κ1) is 19.8. The molecule has 0 saturated carbocycles. The van der Waals surface area contributed by atoms with Crippen molar-refractivity contribution in [1.82, 2.24) is 15.1 Å². The van der Waals surface area contributed by atoms with E-state index in [2.05, 4.69) is 10.4 Å². The average molecular weight is 361 g/mol. The van der Waals surface area contributed by atoms with Gasteiger partial charge in [-0.05, 0) is 46.0 Å². The predicted molar refractivity (Wildman–Crippen MR) is 87.2 cm³/mol. The van der Waals surface area contributed by atoms with Crippen LogP contribution in [0.4, 0.5) is 13.2 Å². The molecule has 25 heavy (non-hydrogen) atoms. The zero-order valence-corrected chi connectivity index (χ0v) is 14.8. The lowest BCUT2D eigenvalue weighted by atomic mass is 10.1. The Hall–Kier alpha value is -1.57. The summed E-state index contributed by atoms with van der Waals surface area (Å²) in [5.74, 6) is -0.326. The number of hydrogen-bond donors (Lipinski definition) is 1. The molecule has 0 aliphatic heterocycles. The minimum absolute atomic E-state index is 0.135. The summed E-state index contributed by atoms with van der Waals surface area (Å²) in [5.41, 5.74) is -0.00576. The Morgan fingerprint density at radius 1 is 1.28 bits per heavy atom. The van der Waals surface area contributed by atoms with Crippen LogP contribution in [-0.4, -0.2) is 34.9 Å². The second-order valence-electron chi connectivity index (χ2n) is 6.61. The third-order valence-electron chi connectivity index (χ3n) is 4.16. The van der Waals surface area contributed by atoms with Crippen molar-refractivity contribution in [3.63, 3.8) is 0 Å². The van der Waals surface area contributed by atoms with E-state index in [0.717, 1.165) is 19.3 Å². The molecule has 0 fully saturated rings. The van der Waals surface area contributed by atoms with Gasteiger partial charge in [0.25, 0.3) is 0 Å².